The largest absolute Gasteiger partial charge is 0.467 e. The number of hydrogen-bond acceptors (Lipinski definition) is 6. The van der Waals surface area contributed by atoms with E-state index < -0.39 is 22.6 Å². The van der Waals surface area contributed by atoms with Crippen LogP contribution >= 0.6 is 15.9 Å². The summed E-state index contributed by atoms with van der Waals surface area (Å²) in [5, 5.41) is 15.3. The van der Waals surface area contributed by atoms with E-state index in [2.05, 4.69) is 47.0 Å². The third kappa shape index (κ3) is 6.32. The van der Waals surface area contributed by atoms with Gasteiger partial charge in [-0.25, -0.2) is 4.79 Å². The Morgan fingerprint density at radius 2 is 1.85 bits per heavy atom. The zero-order chi connectivity index (χ0) is 25.3. The van der Waals surface area contributed by atoms with Gasteiger partial charge in [-0.2, -0.15) is 0 Å². The van der Waals surface area contributed by atoms with Crippen molar-refractivity contribution in [2.24, 2.45) is 5.41 Å². The zero-order valence-electron chi connectivity index (χ0n) is 20.3. The second-order valence-corrected chi connectivity index (χ2v) is 10.9. The van der Waals surface area contributed by atoms with Gasteiger partial charge < -0.3 is 19.8 Å². The lowest BCUT2D eigenvalue weighted by atomic mass is 9.92. The minimum absolute atomic E-state index is 0.0531. The molecule has 2 rings (SSSR count). The van der Waals surface area contributed by atoms with Gasteiger partial charge >= 0.3 is 5.97 Å². The summed E-state index contributed by atoms with van der Waals surface area (Å²) in [6, 6.07) is 1.53. The fraction of sp³-hybridized carbons (Fsp3) is 0.565. The maximum atomic E-state index is 12.7. The number of nitro groups is 1. The highest BCUT2D eigenvalue weighted by atomic mass is 79.9. The van der Waals surface area contributed by atoms with Crippen LogP contribution in [0.4, 0.5) is 5.69 Å². The Labute approximate surface area is 201 Å². The average Bonchev–Trinajstić information content (AvgIpc) is 3.09. The predicted octanol–water partition coefficient (Wildman–Crippen LogP) is 5.34. The van der Waals surface area contributed by atoms with Crippen molar-refractivity contribution in [2.75, 3.05) is 13.7 Å². The van der Waals surface area contributed by atoms with Crippen molar-refractivity contribution in [3.63, 3.8) is 0 Å². The highest BCUT2D eigenvalue weighted by molar-refractivity contribution is 9.10. The number of benzene rings is 1. The number of hydrogen-bond donors (Lipinski definition) is 2. The molecule has 182 valence electrons. The van der Waals surface area contributed by atoms with Gasteiger partial charge in [0.15, 0.2) is 6.10 Å². The fourth-order valence-corrected chi connectivity index (χ4v) is 4.25. The van der Waals surface area contributed by atoms with Crippen LogP contribution < -0.4 is 5.32 Å². The standard InChI is InChI=1S/C23H32BrN3O6/c1-12-15(19(21(29)32-8)33-23(5,6)7)16(24)13-11-14(26-17(13)18(12)27(30)31)20(28)25-10-9-22(2,3)4/h11,19,26H,9-10H2,1-8H3,(H,25,28)/t19-/m0/s1. The van der Waals surface area contributed by atoms with E-state index in [0.717, 1.165) is 6.42 Å². The van der Waals surface area contributed by atoms with Crippen LogP contribution in [0.3, 0.4) is 0 Å². The van der Waals surface area contributed by atoms with Crippen molar-refractivity contribution in [2.45, 2.75) is 66.6 Å². The Bertz CT molecular complexity index is 1080. The number of ether oxygens (including phenoxy) is 2. The molecule has 1 atom stereocenters. The van der Waals surface area contributed by atoms with Crippen LogP contribution in [0.1, 0.15) is 75.7 Å². The van der Waals surface area contributed by atoms with Gasteiger partial charge in [0.05, 0.1) is 17.6 Å². The van der Waals surface area contributed by atoms with E-state index in [1.54, 1.807) is 27.7 Å². The topological polar surface area (TPSA) is 124 Å². The summed E-state index contributed by atoms with van der Waals surface area (Å²) in [5.41, 5.74) is -0.0138. The number of rotatable bonds is 7. The van der Waals surface area contributed by atoms with E-state index in [9.17, 15) is 19.7 Å². The maximum absolute atomic E-state index is 12.7. The first-order chi connectivity index (χ1) is 15.1. The molecule has 10 heteroatoms. The van der Waals surface area contributed by atoms with E-state index in [0.29, 0.717) is 16.4 Å². The monoisotopic (exact) mass is 525 g/mol. The number of methoxy groups -OCH3 is 1. The first kappa shape index (κ1) is 26.8. The zero-order valence-corrected chi connectivity index (χ0v) is 21.9. The first-order valence-corrected chi connectivity index (χ1v) is 11.4. The molecular formula is C23H32BrN3O6. The highest BCUT2D eigenvalue weighted by Crippen LogP contribution is 2.43. The van der Waals surface area contributed by atoms with Gasteiger partial charge in [0, 0.05) is 27.5 Å². The van der Waals surface area contributed by atoms with Gasteiger partial charge in [0.2, 0.25) is 0 Å². The Kier molecular flexibility index (Phi) is 7.96. The quantitative estimate of drug-likeness (QED) is 0.285. The molecule has 2 aromatic rings. The molecule has 9 nitrogen and oxygen atoms in total. The molecule has 1 amide bonds. The molecule has 33 heavy (non-hydrogen) atoms. The van der Waals surface area contributed by atoms with Crippen molar-refractivity contribution in [1.29, 1.82) is 0 Å². The molecular weight excluding hydrogens is 494 g/mol. The van der Waals surface area contributed by atoms with Gasteiger partial charge in [-0.3, -0.25) is 14.9 Å². The third-order valence-corrected chi connectivity index (χ3v) is 5.88. The maximum Gasteiger partial charge on any atom is 0.339 e. The number of esters is 1. The van der Waals surface area contributed by atoms with Crippen molar-refractivity contribution in [1.82, 2.24) is 10.3 Å². The lowest BCUT2D eigenvalue weighted by molar-refractivity contribution is -0.383. The summed E-state index contributed by atoms with van der Waals surface area (Å²) < 4.78 is 11.3. The number of carbonyl (C=O) groups is 2. The molecule has 0 saturated carbocycles. The summed E-state index contributed by atoms with van der Waals surface area (Å²) in [4.78, 5) is 39.7. The van der Waals surface area contributed by atoms with E-state index in [4.69, 9.17) is 9.47 Å². The molecule has 0 unspecified atom stereocenters. The summed E-state index contributed by atoms with van der Waals surface area (Å²) in [6.45, 7) is 13.6. The summed E-state index contributed by atoms with van der Waals surface area (Å²) in [6.07, 6.45) is -0.428. The van der Waals surface area contributed by atoms with Crippen LogP contribution in [0, 0.1) is 22.5 Å². The average molecular weight is 526 g/mol. The van der Waals surface area contributed by atoms with Gasteiger partial charge in [0.1, 0.15) is 11.2 Å². The van der Waals surface area contributed by atoms with Gasteiger partial charge in [-0.05, 0) is 61.5 Å². The second kappa shape index (κ2) is 9.80. The number of fused-ring (bicyclic) bond motifs is 1. The first-order valence-electron chi connectivity index (χ1n) is 10.6. The van der Waals surface area contributed by atoms with Crippen LogP contribution in [0.15, 0.2) is 10.5 Å². The fourth-order valence-electron chi connectivity index (χ4n) is 3.43. The normalized spacial score (nSPS) is 13.1. The SMILES string of the molecule is COC(=O)[C@@H](OC(C)(C)C)c1c(C)c([N+](=O)[O-])c2[nH]c(C(=O)NCCC(C)(C)C)cc2c1Br. The lowest BCUT2D eigenvalue weighted by Gasteiger charge is -2.27. The minimum atomic E-state index is -1.20. The number of aromatic amines is 1. The van der Waals surface area contributed by atoms with Crippen LogP contribution in [-0.4, -0.2) is 41.0 Å². The molecule has 0 aliphatic rings. The molecule has 0 spiro atoms. The molecule has 1 aromatic heterocycles. The highest BCUT2D eigenvalue weighted by Gasteiger charge is 2.36. The molecule has 0 saturated heterocycles. The van der Waals surface area contributed by atoms with E-state index in [1.165, 1.54) is 13.2 Å². The second-order valence-electron chi connectivity index (χ2n) is 10.1. The third-order valence-electron chi connectivity index (χ3n) is 5.02. The molecule has 0 aliphatic carbocycles. The predicted molar refractivity (Wildman–Crippen MR) is 129 cm³/mol. The van der Waals surface area contributed by atoms with E-state index in [-0.39, 0.29) is 39.3 Å². The van der Waals surface area contributed by atoms with Gasteiger partial charge in [0.25, 0.3) is 11.6 Å². The van der Waals surface area contributed by atoms with Crippen molar-refractivity contribution in [3.05, 3.63) is 37.5 Å². The van der Waals surface area contributed by atoms with Crippen LogP contribution in [-0.2, 0) is 14.3 Å². The number of nitrogens with zero attached hydrogens (tertiary/aromatic N) is 1. The molecule has 0 fully saturated rings. The minimum Gasteiger partial charge on any atom is -0.467 e. The Hall–Kier alpha value is -2.46. The Morgan fingerprint density at radius 3 is 2.33 bits per heavy atom. The summed E-state index contributed by atoms with van der Waals surface area (Å²) in [7, 11) is 1.23. The van der Waals surface area contributed by atoms with E-state index in [1.807, 2.05) is 0 Å². The van der Waals surface area contributed by atoms with E-state index >= 15 is 0 Å². The number of halogens is 1. The molecule has 0 aliphatic heterocycles. The molecule has 0 radical (unpaired) electrons. The number of nitro benzene ring substituents is 1. The number of amides is 1. The van der Waals surface area contributed by atoms with Crippen LogP contribution in [0.2, 0.25) is 0 Å². The summed E-state index contributed by atoms with van der Waals surface area (Å²) >= 11 is 3.50. The number of nitrogens with one attached hydrogen (secondary N) is 2. The number of H-pyrrole nitrogens is 1. The molecule has 2 N–H and O–H groups in total. The Balaban J connectivity index is 2.66. The smallest absolute Gasteiger partial charge is 0.339 e. The number of carbonyl (C=O) groups excluding carboxylic acids is 2. The van der Waals surface area contributed by atoms with Gasteiger partial charge in [-0.1, -0.05) is 20.8 Å². The molecule has 1 aromatic carbocycles. The number of aromatic nitrogens is 1. The lowest BCUT2D eigenvalue weighted by Crippen LogP contribution is -2.29. The van der Waals surface area contributed by atoms with Crippen molar-refractivity contribution in [3.8, 4) is 0 Å². The van der Waals surface area contributed by atoms with Crippen molar-refractivity contribution < 1.29 is 24.0 Å². The van der Waals surface area contributed by atoms with Crippen LogP contribution in [0.5, 0.6) is 0 Å². The molecule has 0 bridgehead atoms. The molecule has 1 heterocycles. The van der Waals surface area contributed by atoms with Crippen LogP contribution in [0.25, 0.3) is 10.9 Å². The van der Waals surface area contributed by atoms with Gasteiger partial charge in [-0.15, -0.1) is 0 Å². The van der Waals surface area contributed by atoms with Crippen molar-refractivity contribution >= 4 is 44.4 Å². The Morgan fingerprint density at radius 1 is 1.24 bits per heavy atom. The summed E-state index contributed by atoms with van der Waals surface area (Å²) in [5.74, 6) is -1.05.